The first-order chi connectivity index (χ1) is 10.6. The maximum Gasteiger partial charge on any atom is 0.269 e. The van der Waals surface area contributed by atoms with Gasteiger partial charge in [0, 0.05) is 12.3 Å². The molecule has 1 fully saturated rings. The quantitative estimate of drug-likeness (QED) is 0.839. The summed E-state index contributed by atoms with van der Waals surface area (Å²) in [4.78, 5) is 24.6. The molecule has 1 aromatic rings. The predicted molar refractivity (Wildman–Crippen MR) is 87.2 cm³/mol. The van der Waals surface area contributed by atoms with Gasteiger partial charge in [-0.2, -0.15) is 0 Å². The Bertz CT molecular complexity index is 592. The summed E-state index contributed by atoms with van der Waals surface area (Å²) < 4.78 is 1.97. The average Bonchev–Trinajstić information content (AvgIpc) is 2.64. The molecule has 22 heavy (non-hydrogen) atoms. The van der Waals surface area contributed by atoms with Crippen LogP contribution >= 0.6 is 0 Å². The highest BCUT2D eigenvalue weighted by molar-refractivity contribution is 5.93. The monoisotopic (exact) mass is 305 g/mol. The molecule has 0 bridgehead atoms. The van der Waals surface area contributed by atoms with Crippen molar-refractivity contribution in [1.82, 2.24) is 9.78 Å². The lowest BCUT2D eigenvalue weighted by Crippen LogP contribution is -2.27. The Hall–Kier alpha value is -1.52. The van der Waals surface area contributed by atoms with Gasteiger partial charge in [-0.05, 0) is 25.2 Å². The van der Waals surface area contributed by atoms with Gasteiger partial charge in [-0.1, -0.05) is 39.5 Å². The highest BCUT2D eigenvalue weighted by Gasteiger charge is 2.33. The van der Waals surface area contributed by atoms with E-state index in [1.807, 2.05) is 4.68 Å². The number of anilines is 1. The number of hydrogen-bond donors (Lipinski definition) is 2. The largest absolute Gasteiger partial charge is 0.311 e. The zero-order valence-electron chi connectivity index (χ0n) is 13.7. The molecule has 2 heterocycles. The number of hydrogen-bond acceptors (Lipinski definition) is 2. The van der Waals surface area contributed by atoms with E-state index in [9.17, 15) is 9.59 Å². The SMILES string of the molecule is CC(C)C[C@@H]1CC(=O)Nc2c1c(=O)[nH]n2C1CCCCCC1. The maximum absolute atomic E-state index is 12.5. The Morgan fingerprint density at radius 3 is 2.45 bits per heavy atom. The molecule has 0 unspecified atom stereocenters. The van der Waals surface area contributed by atoms with E-state index >= 15 is 0 Å². The van der Waals surface area contributed by atoms with E-state index in [-0.39, 0.29) is 17.4 Å². The van der Waals surface area contributed by atoms with E-state index in [0.29, 0.717) is 18.4 Å². The van der Waals surface area contributed by atoms with Gasteiger partial charge in [0.05, 0.1) is 11.6 Å². The highest BCUT2D eigenvalue weighted by atomic mass is 16.2. The molecule has 1 saturated carbocycles. The number of aromatic nitrogens is 2. The van der Waals surface area contributed by atoms with Gasteiger partial charge in [0.1, 0.15) is 5.82 Å². The molecule has 3 rings (SSSR count). The van der Waals surface area contributed by atoms with Crippen molar-refractivity contribution in [2.45, 2.75) is 77.2 Å². The minimum atomic E-state index is -0.00935. The number of carbonyl (C=O) groups excluding carboxylic acids is 1. The normalized spacial score (nSPS) is 23.2. The lowest BCUT2D eigenvalue weighted by atomic mass is 9.86. The van der Waals surface area contributed by atoms with Crippen LogP contribution in [0, 0.1) is 5.92 Å². The minimum Gasteiger partial charge on any atom is -0.311 e. The second-order valence-electron chi connectivity index (χ2n) is 7.30. The number of fused-ring (bicyclic) bond motifs is 1. The summed E-state index contributed by atoms with van der Waals surface area (Å²) in [6.45, 7) is 4.28. The molecular formula is C17H27N3O2. The van der Waals surface area contributed by atoms with Gasteiger partial charge < -0.3 is 5.32 Å². The van der Waals surface area contributed by atoms with Crippen LogP contribution in [0.25, 0.3) is 0 Å². The molecule has 0 spiro atoms. The molecular weight excluding hydrogens is 278 g/mol. The van der Waals surface area contributed by atoms with Gasteiger partial charge in [-0.25, -0.2) is 0 Å². The topological polar surface area (TPSA) is 66.9 Å². The fraction of sp³-hybridized carbons (Fsp3) is 0.765. The molecule has 5 heteroatoms. The number of H-pyrrole nitrogens is 1. The van der Waals surface area contributed by atoms with Crippen molar-refractivity contribution >= 4 is 11.7 Å². The first-order valence-electron chi connectivity index (χ1n) is 8.70. The standard InChI is InChI=1S/C17H27N3O2/c1-11(2)9-12-10-14(21)18-16-15(12)17(22)19-20(16)13-7-5-3-4-6-8-13/h11-13H,3-10H2,1-2H3,(H,18,21)(H,19,22)/t12-/m1/s1. The zero-order valence-corrected chi connectivity index (χ0v) is 13.7. The van der Waals surface area contributed by atoms with Gasteiger partial charge in [0.25, 0.3) is 5.56 Å². The molecule has 2 N–H and O–H groups in total. The van der Waals surface area contributed by atoms with Crippen LogP contribution in [0.1, 0.15) is 82.7 Å². The van der Waals surface area contributed by atoms with Crippen LogP contribution in [0.2, 0.25) is 0 Å². The molecule has 5 nitrogen and oxygen atoms in total. The number of nitrogens with one attached hydrogen (secondary N) is 2. The predicted octanol–water partition coefficient (Wildman–Crippen LogP) is 3.54. The number of amides is 1. The Labute approximate surface area is 131 Å². The molecule has 1 aromatic heterocycles. The molecule has 1 aliphatic heterocycles. The lowest BCUT2D eigenvalue weighted by molar-refractivity contribution is -0.117. The Morgan fingerprint density at radius 1 is 1.14 bits per heavy atom. The van der Waals surface area contributed by atoms with Crippen LogP contribution in [0.5, 0.6) is 0 Å². The van der Waals surface area contributed by atoms with E-state index in [1.54, 1.807) is 0 Å². The van der Waals surface area contributed by atoms with Gasteiger partial charge >= 0.3 is 0 Å². The van der Waals surface area contributed by atoms with Crippen molar-refractivity contribution in [3.05, 3.63) is 15.9 Å². The molecule has 0 aromatic carbocycles. The summed E-state index contributed by atoms with van der Waals surface area (Å²) in [6, 6.07) is 0.317. The molecule has 0 saturated heterocycles. The van der Waals surface area contributed by atoms with E-state index < -0.39 is 0 Å². The van der Waals surface area contributed by atoms with Crippen molar-refractivity contribution in [1.29, 1.82) is 0 Å². The van der Waals surface area contributed by atoms with Crippen molar-refractivity contribution in [3.63, 3.8) is 0 Å². The number of nitrogens with zero attached hydrogens (tertiary/aromatic N) is 1. The van der Waals surface area contributed by atoms with E-state index in [0.717, 1.165) is 30.6 Å². The van der Waals surface area contributed by atoms with Crippen LogP contribution in [-0.2, 0) is 4.79 Å². The summed E-state index contributed by atoms with van der Waals surface area (Å²) in [6.07, 6.45) is 8.43. The molecule has 1 atom stereocenters. The molecule has 1 aliphatic carbocycles. The molecule has 2 aliphatic rings. The minimum absolute atomic E-state index is 0.00935. The Morgan fingerprint density at radius 2 is 1.82 bits per heavy atom. The fourth-order valence-corrected chi connectivity index (χ4v) is 4.04. The highest BCUT2D eigenvalue weighted by Crippen LogP contribution is 2.37. The van der Waals surface area contributed by atoms with Crippen molar-refractivity contribution in [3.8, 4) is 0 Å². The van der Waals surface area contributed by atoms with Crippen molar-refractivity contribution < 1.29 is 4.79 Å². The first kappa shape index (κ1) is 15.4. The summed E-state index contributed by atoms with van der Waals surface area (Å²) in [5.74, 6) is 1.32. The van der Waals surface area contributed by atoms with Gasteiger partial charge in [0.15, 0.2) is 0 Å². The molecule has 122 valence electrons. The van der Waals surface area contributed by atoms with E-state index in [4.69, 9.17) is 0 Å². The summed E-state index contributed by atoms with van der Waals surface area (Å²) in [7, 11) is 0. The second kappa shape index (κ2) is 6.31. The Balaban J connectivity index is 1.97. The van der Waals surface area contributed by atoms with E-state index in [2.05, 4.69) is 24.3 Å². The van der Waals surface area contributed by atoms with Gasteiger partial charge in [0.2, 0.25) is 5.91 Å². The van der Waals surface area contributed by atoms with Gasteiger partial charge in [-0.15, -0.1) is 0 Å². The summed E-state index contributed by atoms with van der Waals surface area (Å²) in [5.41, 5.74) is 0.794. The number of aromatic amines is 1. The number of rotatable bonds is 3. The smallest absolute Gasteiger partial charge is 0.269 e. The van der Waals surface area contributed by atoms with Crippen LogP contribution in [0.3, 0.4) is 0 Å². The Kier molecular flexibility index (Phi) is 4.41. The van der Waals surface area contributed by atoms with Crippen molar-refractivity contribution in [2.24, 2.45) is 5.92 Å². The van der Waals surface area contributed by atoms with Crippen LogP contribution in [0.4, 0.5) is 5.82 Å². The summed E-state index contributed by atoms with van der Waals surface area (Å²) in [5, 5.41) is 5.99. The zero-order chi connectivity index (χ0) is 15.7. The third kappa shape index (κ3) is 2.99. The first-order valence-corrected chi connectivity index (χ1v) is 8.70. The molecule has 0 radical (unpaired) electrons. The average molecular weight is 305 g/mol. The van der Waals surface area contributed by atoms with E-state index in [1.165, 1.54) is 25.7 Å². The molecule has 1 amide bonds. The second-order valence-corrected chi connectivity index (χ2v) is 7.30. The summed E-state index contributed by atoms with van der Waals surface area (Å²) >= 11 is 0. The van der Waals surface area contributed by atoms with Crippen LogP contribution in [0.15, 0.2) is 4.79 Å². The van der Waals surface area contributed by atoms with Crippen molar-refractivity contribution in [2.75, 3.05) is 5.32 Å². The third-order valence-corrected chi connectivity index (χ3v) is 5.01. The van der Waals surface area contributed by atoms with Gasteiger partial charge in [-0.3, -0.25) is 19.4 Å². The maximum atomic E-state index is 12.5. The lowest BCUT2D eigenvalue weighted by Gasteiger charge is -2.26. The fourth-order valence-electron chi connectivity index (χ4n) is 4.04. The van der Waals surface area contributed by atoms with Crippen LogP contribution < -0.4 is 10.9 Å². The number of carbonyl (C=O) groups is 1. The third-order valence-electron chi connectivity index (χ3n) is 5.01. The van der Waals surface area contributed by atoms with Crippen LogP contribution in [-0.4, -0.2) is 15.7 Å².